The highest BCUT2D eigenvalue weighted by Crippen LogP contribution is 2.28. The van der Waals surface area contributed by atoms with Gasteiger partial charge in [-0.1, -0.05) is 106 Å². The van der Waals surface area contributed by atoms with Crippen LogP contribution in [0.4, 0.5) is 4.79 Å². The third-order valence-corrected chi connectivity index (χ3v) is 8.14. The van der Waals surface area contributed by atoms with Crippen molar-refractivity contribution in [3.8, 4) is 22.3 Å². The van der Waals surface area contributed by atoms with Gasteiger partial charge in [-0.3, -0.25) is 14.6 Å². The van der Waals surface area contributed by atoms with E-state index in [0.717, 1.165) is 33.4 Å². The van der Waals surface area contributed by atoms with Crippen LogP contribution in [0.1, 0.15) is 44.4 Å². The summed E-state index contributed by atoms with van der Waals surface area (Å²) in [4.78, 5) is 43.7. The van der Waals surface area contributed by atoms with Crippen LogP contribution in [-0.4, -0.2) is 40.2 Å². The van der Waals surface area contributed by atoms with E-state index >= 15 is 0 Å². The summed E-state index contributed by atoms with van der Waals surface area (Å²) >= 11 is 0. The first-order chi connectivity index (χ1) is 23.7. The number of carbonyl (C=O) groups excluding carboxylic acids is 3. The number of nitrogens with one attached hydrogen (secondary N) is 1. The van der Waals surface area contributed by atoms with E-state index in [1.165, 1.54) is 0 Å². The number of benzene rings is 3. The molecule has 0 aliphatic rings. The van der Waals surface area contributed by atoms with Gasteiger partial charge in [0.15, 0.2) is 0 Å². The minimum absolute atomic E-state index is 0.0712. The molecule has 0 saturated heterocycles. The highest BCUT2D eigenvalue weighted by molar-refractivity contribution is 5.86. The SMILES string of the molecule is CC(C)(C)[C@H](COC(=O)OCc1ccccc1)NC(=O)[C@@H](CC(=O)OCc1ccccc1)n1ccc(-c2ccc(-c3ccncc3)cc2)c1. The first-order valence-corrected chi connectivity index (χ1v) is 16.2. The Morgan fingerprint density at radius 1 is 0.694 bits per heavy atom. The number of carbonyl (C=O) groups is 3. The quantitative estimate of drug-likeness (QED) is 0.129. The molecule has 1 amide bonds. The first kappa shape index (κ1) is 34.6. The van der Waals surface area contributed by atoms with Crippen LogP contribution in [0.5, 0.6) is 0 Å². The van der Waals surface area contributed by atoms with E-state index in [0.29, 0.717) is 0 Å². The molecule has 0 saturated carbocycles. The van der Waals surface area contributed by atoms with E-state index in [1.54, 1.807) is 23.2 Å². The Labute approximate surface area is 286 Å². The van der Waals surface area contributed by atoms with Crippen molar-refractivity contribution in [1.82, 2.24) is 14.9 Å². The molecule has 0 aliphatic heterocycles. The molecule has 2 atom stereocenters. The predicted molar refractivity (Wildman–Crippen MR) is 187 cm³/mol. The van der Waals surface area contributed by atoms with Crippen LogP contribution in [0.2, 0.25) is 0 Å². The molecule has 2 heterocycles. The van der Waals surface area contributed by atoms with Crippen LogP contribution in [-0.2, 0) is 37.0 Å². The molecule has 5 aromatic rings. The smallest absolute Gasteiger partial charge is 0.461 e. The zero-order valence-corrected chi connectivity index (χ0v) is 28.0. The van der Waals surface area contributed by atoms with Gasteiger partial charge in [0.1, 0.15) is 25.9 Å². The lowest BCUT2D eigenvalue weighted by Gasteiger charge is -2.32. The molecule has 1 N–H and O–H groups in total. The van der Waals surface area contributed by atoms with E-state index in [2.05, 4.69) is 10.3 Å². The second kappa shape index (κ2) is 16.4. The first-order valence-electron chi connectivity index (χ1n) is 16.2. The van der Waals surface area contributed by atoms with Crippen LogP contribution in [0.15, 0.2) is 128 Å². The zero-order chi connectivity index (χ0) is 34.6. The zero-order valence-electron chi connectivity index (χ0n) is 28.0. The van der Waals surface area contributed by atoms with Crippen LogP contribution >= 0.6 is 0 Å². The second-order valence-corrected chi connectivity index (χ2v) is 12.8. The molecule has 0 aliphatic carbocycles. The van der Waals surface area contributed by atoms with Gasteiger partial charge in [0.2, 0.25) is 5.91 Å². The number of aromatic nitrogens is 2. The standard InChI is InChI=1S/C40H41N3O6/c1-40(2,3)36(28-49-39(46)48-27-30-12-8-5-9-13-30)42-38(45)35(24-37(44)47-26-29-10-6-4-7-11-29)43-23-20-34(25-43)32-16-14-31(15-17-32)33-18-21-41-22-19-33/h4-23,25,35-36H,24,26-28H2,1-3H3,(H,42,45)/t35-,36+/m1/s1. The molecule has 49 heavy (non-hydrogen) atoms. The summed E-state index contributed by atoms with van der Waals surface area (Å²) in [7, 11) is 0. The third-order valence-electron chi connectivity index (χ3n) is 8.14. The summed E-state index contributed by atoms with van der Waals surface area (Å²) in [5.74, 6) is -0.929. The van der Waals surface area contributed by atoms with Crippen LogP contribution < -0.4 is 5.32 Å². The molecular formula is C40H41N3O6. The summed E-state index contributed by atoms with van der Waals surface area (Å²) in [5, 5.41) is 3.03. The lowest BCUT2D eigenvalue weighted by atomic mass is 9.87. The van der Waals surface area contributed by atoms with Crippen molar-refractivity contribution in [2.24, 2.45) is 5.41 Å². The van der Waals surface area contributed by atoms with Gasteiger partial charge in [0.05, 0.1) is 12.5 Å². The molecule has 3 aromatic carbocycles. The normalized spacial score (nSPS) is 12.4. The molecule has 9 heteroatoms. The largest absolute Gasteiger partial charge is 0.508 e. The summed E-state index contributed by atoms with van der Waals surface area (Å²) < 4.78 is 18.0. The van der Waals surface area contributed by atoms with Crippen molar-refractivity contribution in [2.45, 2.75) is 52.5 Å². The number of ether oxygens (including phenoxy) is 3. The van der Waals surface area contributed by atoms with Crippen molar-refractivity contribution in [3.05, 3.63) is 139 Å². The molecule has 0 fully saturated rings. The fraction of sp³-hybridized carbons (Fsp3) is 0.250. The Morgan fingerprint density at radius 2 is 1.24 bits per heavy atom. The maximum Gasteiger partial charge on any atom is 0.508 e. The number of rotatable bonds is 13. The van der Waals surface area contributed by atoms with Gasteiger partial charge in [-0.25, -0.2) is 4.79 Å². The molecule has 5 rings (SSSR count). The molecule has 0 unspecified atom stereocenters. The second-order valence-electron chi connectivity index (χ2n) is 12.8. The summed E-state index contributed by atoms with van der Waals surface area (Å²) in [5.41, 5.74) is 5.14. The molecule has 252 valence electrons. The average molecular weight is 660 g/mol. The third kappa shape index (κ3) is 10.1. The number of hydrogen-bond donors (Lipinski definition) is 1. The van der Waals surface area contributed by atoms with Gasteiger partial charge >= 0.3 is 12.1 Å². The van der Waals surface area contributed by atoms with Crippen molar-refractivity contribution in [2.75, 3.05) is 6.61 Å². The number of esters is 1. The molecule has 0 spiro atoms. The van der Waals surface area contributed by atoms with Gasteiger partial charge in [0.25, 0.3) is 0 Å². The van der Waals surface area contributed by atoms with Crippen molar-refractivity contribution < 1.29 is 28.6 Å². The van der Waals surface area contributed by atoms with Crippen LogP contribution in [0, 0.1) is 5.41 Å². The highest BCUT2D eigenvalue weighted by atomic mass is 16.7. The van der Waals surface area contributed by atoms with Gasteiger partial charge in [0, 0.05) is 24.8 Å². The van der Waals surface area contributed by atoms with E-state index in [1.807, 2.05) is 130 Å². The van der Waals surface area contributed by atoms with Crippen molar-refractivity contribution >= 4 is 18.0 Å². The Hall–Kier alpha value is -5.70. The molecule has 0 bridgehead atoms. The van der Waals surface area contributed by atoms with Crippen LogP contribution in [0.3, 0.4) is 0 Å². The monoisotopic (exact) mass is 659 g/mol. The number of hydrogen-bond acceptors (Lipinski definition) is 7. The summed E-state index contributed by atoms with van der Waals surface area (Å²) in [6.45, 7) is 5.85. The van der Waals surface area contributed by atoms with Crippen molar-refractivity contribution in [1.29, 1.82) is 0 Å². The van der Waals surface area contributed by atoms with E-state index < -0.39 is 35.5 Å². The van der Waals surface area contributed by atoms with E-state index in [4.69, 9.17) is 14.2 Å². The highest BCUT2D eigenvalue weighted by Gasteiger charge is 2.32. The number of nitrogens with zero attached hydrogens (tertiary/aromatic N) is 2. The maximum atomic E-state index is 14.0. The fourth-order valence-corrected chi connectivity index (χ4v) is 5.15. The Kier molecular flexibility index (Phi) is 11.6. The van der Waals surface area contributed by atoms with Gasteiger partial charge in [-0.15, -0.1) is 0 Å². The molecular weight excluding hydrogens is 618 g/mol. The molecule has 2 aromatic heterocycles. The minimum Gasteiger partial charge on any atom is -0.461 e. The number of amides is 1. The average Bonchev–Trinajstić information content (AvgIpc) is 3.61. The Balaban J connectivity index is 1.30. The minimum atomic E-state index is -0.928. The summed E-state index contributed by atoms with van der Waals surface area (Å²) in [6.07, 6.45) is 6.11. The Morgan fingerprint density at radius 3 is 1.84 bits per heavy atom. The lowest BCUT2D eigenvalue weighted by molar-refractivity contribution is -0.148. The Bertz CT molecular complexity index is 1800. The number of pyridine rings is 1. The summed E-state index contributed by atoms with van der Waals surface area (Å²) in [6, 6.07) is 31.1. The van der Waals surface area contributed by atoms with E-state index in [9.17, 15) is 14.4 Å². The maximum absolute atomic E-state index is 14.0. The van der Waals surface area contributed by atoms with Gasteiger partial charge in [-0.2, -0.15) is 0 Å². The van der Waals surface area contributed by atoms with Crippen LogP contribution in [0.25, 0.3) is 22.3 Å². The van der Waals surface area contributed by atoms with Gasteiger partial charge < -0.3 is 24.1 Å². The topological polar surface area (TPSA) is 109 Å². The fourth-order valence-electron chi connectivity index (χ4n) is 5.15. The van der Waals surface area contributed by atoms with E-state index in [-0.39, 0.29) is 26.2 Å². The van der Waals surface area contributed by atoms with Crippen molar-refractivity contribution in [3.63, 3.8) is 0 Å². The predicted octanol–water partition coefficient (Wildman–Crippen LogP) is 7.78. The molecule has 9 nitrogen and oxygen atoms in total. The lowest BCUT2D eigenvalue weighted by Crippen LogP contribution is -2.49. The molecule has 0 radical (unpaired) electrons. The van der Waals surface area contributed by atoms with Gasteiger partial charge in [-0.05, 0) is 57.0 Å².